The van der Waals surface area contributed by atoms with Crippen LogP contribution in [0.25, 0.3) is 0 Å². The summed E-state index contributed by atoms with van der Waals surface area (Å²) < 4.78 is 30.0. The van der Waals surface area contributed by atoms with Crippen LogP contribution in [0, 0.1) is 17.0 Å². The van der Waals surface area contributed by atoms with Crippen molar-refractivity contribution in [3.63, 3.8) is 0 Å². The maximum atomic E-state index is 15.7. The molecule has 5 rings (SSSR count). The molecule has 38 heavy (non-hydrogen) atoms. The molecule has 1 aliphatic carbocycles. The van der Waals surface area contributed by atoms with Gasteiger partial charge in [-0.1, -0.05) is 50.6 Å². The molecule has 2 heterocycles. The predicted molar refractivity (Wildman–Crippen MR) is 142 cm³/mol. The highest BCUT2D eigenvalue weighted by Crippen LogP contribution is 2.57. The van der Waals surface area contributed by atoms with Gasteiger partial charge in [-0.3, -0.25) is 9.59 Å². The predicted octanol–water partition coefficient (Wildman–Crippen LogP) is 4.79. The molecule has 2 aromatic carbocycles. The second-order valence-corrected chi connectivity index (χ2v) is 12.5. The zero-order valence-electron chi connectivity index (χ0n) is 21.8. The Morgan fingerprint density at radius 2 is 1.87 bits per heavy atom. The lowest BCUT2D eigenvalue weighted by Crippen LogP contribution is -2.50. The van der Waals surface area contributed by atoms with E-state index in [-0.39, 0.29) is 34.1 Å². The summed E-state index contributed by atoms with van der Waals surface area (Å²) in [5.41, 5.74) is -0.618. The molecule has 1 saturated heterocycles. The largest absolute Gasteiger partial charge is 0.393 e. The summed E-state index contributed by atoms with van der Waals surface area (Å²) in [4.78, 5) is 28.0. The topological polar surface area (TPSA) is 90.5 Å². The van der Waals surface area contributed by atoms with Crippen LogP contribution >= 0.6 is 11.6 Å². The number of carbonyl (C=O) groups is 2. The number of carbonyl (C=O) groups excluding carboxylic acids is 2. The molecule has 0 bridgehead atoms. The number of fused-ring (bicyclic) bond motifs is 2. The zero-order valence-corrected chi connectivity index (χ0v) is 22.5. The van der Waals surface area contributed by atoms with Crippen LogP contribution in [-0.2, 0) is 15.0 Å². The second kappa shape index (κ2) is 9.88. The average Bonchev–Trinajstić information content (AvgIpc) is 3.31. The summed E-state index contributed by atoms with van der Waals surface area (Å²) in [5.74, 6) is -2.87. The molecule has 2 fully saturated rings. The van der Waals surface area contributed by atoms with E-state index in [1.807, 2.05) is 20.8 Å². The molecule has 204 valence electrons. The first-order chi connectivity index (χ1) is 17.9. The second-order valence-electron chi connectivity index (χ2n) is 12.1. The van der Waals surface area contributed by atoms with E-state index in [2.05, 4.69) is 16.0 Å². The molecule has 6 nitrogen and oxygen atoms in total. The molecular weight excluding hydrogens is 512 g/mol. The molecular formula is C29H34ClF2N3O3. The Morgan fingerprint density at radius 1 is 1.16 bits per heavy atom. The molecule has 3 aliphatic rings. The Bertz CT molecular complexity index is 1260. The van der Waals surface area contributed by atoms with Gasteiger partial charge in [0.15, 0.2) is 0 Å². The maximum Gasteiger partial charge on any atom is 0.238 e. The molecule has 1 spiro atoms. The van der Waals surface area contributed by atoms with Gasteiger partial charge in [-0.15, -0.1) is 0 Å². The van der Waals surface area contributed by atoms with Crippen LogP contribution in [0.5, 0.6) is 0 Å². The van der Waals surface area contributed by atoms with Gasteiger partial charge in [-0.05, 0) is 66.8 Å². The van der Waals surface area contributed by atoms with Gasteiger partial charge in [0.25, 0.3) is 0 Å². The lowest BCUT2D eigenvalue weighted by molar-refractivity contribution is -0.124. The lowest BCUT2D eigenvalue weighted by Gasteiger charge is -2.38. The number of halogens is 3. The average molecular weight is 546 g/mol. The highest BCUT2D eigenvalue weighted by atomic mass is 35.5. The Kier molecular flexibility index (Phi) is 7.03. The minimum atomic E-state index is -1.38. The first-order valence-electron chi connectivity index (χ1n) is 13.2. The fourth-order valence-corrected chi connectivity index (χ4v) is 6.85. The van der Waals surface area contributed by atoms with Crippen molar-refractivity contribution in [2.75, 3.05) is 5.32 Å². The number of nitrogens with one attached hydrogen (secondary N) is 3. The number of benzene rings is 2. The third-order valence-corrected chi connectivity index (χ3v) is 8.56. The van der Waals surface area contributed by atoms with E-state index in [1.54, 1.807) is 18.2 Å². The van der Waals surface area contributed by atoms with Gasteiger partial charge in [0.2, 0.25) is 11.8 Å². The van der Waals surface area contributed by atoms with E-state index >= 15 is 4.39 Å². The normalized spacial score (nSPS) is 30.8. The molecule has 0 unspecified atom stereocenters. The van der Waals surface area contributed by atoms with Crippen molar-refractivity contribution >= 4 is 29.1 Å². The van der Waals surface area contributed by atoms with Crippen molar-refractivity contribution in [1.29, 1.82) is 0 Å². The van der Waals surface area contributed by atoms with Crippen molar-refractivity contribution in [2.24, 2.45) is 5.41 Å². The third-order valence-electron chi connectivity index (χ3n) is 8.26. The lowest BCUT2D eigenvalue weighted by atomic mass is 9.62. The number of aliphatic hydroxyl groups excluding tert-OH is 1. The molecule has 9 heteroatoms. The zero-order chi connectivity index (χ0) is 27.4. The Morgan fingerprint density at radius 3 is 2.55 bits per heavy atom. The highest BCUT2D eigenvalue weighted by Gasteiger charge is 2.66. The minimum Gasteiger partial charge on any atom is -0.393 e. The SMILES string of the molecule is CC(C)(C)C[C@H]1N[C@@H](C(=O)N[C@H]2CC[C@H](O)CC2)[C@H](c2cccc(Cl)c2F)[C@@]12C(=O)Nc1cc(F)ccc12. The van der Waals surface area contributed by atoms with Crippen LogP contribution in [0.2, 0.25) is 5.02 Å². The third kappa shape index (κ3) is 4.61. The highest BCUT2D eigenvalue weighted by molar-refractivity contribution is 6.30. The smallest absolute Gasteiger partial charge is 0.238 e. The number of hydrogen-bond acceptors (Lipinski definition) is 4. The molecule has 1 saturated carbocycles. The van der Waals surface area contributed by atoms with Gasteiger partial charge in [0, 0.05) is 23.7 Å². The summed E-state index contributed by atoms with van der Waals surface area (Å²) >= 11 is 6.21. The van der Waals surface area contributed by atoms with Crippen molar-refractivity contribution in [2.45, 2.75) is 88.4 Å². The van der Waals surface area contributed by atoms with Crippen LogP contribution in [0.3, 0.4) is 0 Å². The van der Waals surface area contributed by atoms with Crippen molar-refractivity contribution in [3.05, 3.63) is 64.2 Å². The van der Waals surface area contributed by atoms with Gasteiger partial charge in [0.05, 0.1) is 17.2 Å². The van der Waals surface area contributed by atoms with Crippen molar-refractivity contribution in [1.82, 2.24) is 10.6 Å². The molecule has 2 aliphatic heterocycles. The number of rotatable bonds is 4. The molecule has 2 aromatic rings. The van der Waals surface area contributed by atoms with E-state index in [1.165, 1.54) is 18.2 Å². The summed E-state index contributed by atoms with van der Waals surface area (Å²) in [7, 11) is 0. The number of amides is 2. The van der Waals surface area contributed by atoms with E-state index in [4.69, 9.17) is 11.6 Å². The van der Waals surface area contributed by atoms with Gasteiger partial charge in [-0.2, -0.15) is 0 Å². The molecule has 0 radical (unpaired) electrons. The standard InChI is InChI=1S/C29H34ClF2N3O3/c1-28(2,3)14-22-29(19-12-7-15(31)13-21(19)34-27(29)38)23(18-5-4-6-20(30)24(18)32)25(35-22)26(37)33-16-8-10-17(36)11-9-16/h4-7,12-13,16-17,22-23,25,35-36H,8-11,14H2,1-3H3,(H,33,37)(H,34,38)/t16-,17-,22-,23+,25-,29+/m1/s1. The summed E-state index contributed by atoms with van der Waals surface area (Å²) in [6, 6.07) is 7.10. The van der Waals surface area contributed by atoms with E-state index < -0.39 is 41.0 Å². The quantitative estimate of drug-likeness (QED) is 0.445. The van der Waals surface area contributed by atoms with Crippen LogP contribution in [0.15, 0.2) is 36.4 Å². The van der Waals surface area contributed by atoms with Gasteiger partial charge in [0.1, 0.15) is 17.0 Å². The number of aliphatic hydroxyl groups is 1. The summed E-state index contributed by atoms with van der Waals surface area (Å²) in [6.45, 7) is 6.11. The molecule has 2 amide bonds. The maximum absolute atomic E-state index is 15.7. The summed E-state index contributed by atoms with van der Waals surface area (Å²) in [6.07, 6.45) is 2.57. The Hall–Kier alpha value is -2.55. The molecule has 0 aromatic heterocycles. The fourth-order valence-electron chi connectivity index (χ4n) is 6.66. The van der Waals surface area contributed by atoms with Crippen LogP contribution in [-0.4, -0.2) is 41.2 Å². The van der Waals surface area contributed by atoms with Gasteiger partial charge >= 0.3 is 0 Å². The molecule has 4 N–H and O–H groups in total. The van der Waals surface area contributed by atoms with Crippen LogP contribution in [0.4, 0.5) is 14.5 Å². The Labute approximate surface area is 226 Å². The first kappa shape index (κ1) is 27.0. The van der Waals surface area contributed by atoms with Crippen molar-refractivity contribution in [3.8, 4) is 0 Å². The monoisotopic (exact) mass is 545 g/mol. The summed E-state index contributed by atoms with van der Waals surface area (Å²) in [5, 5.41) is 19.2. The van der Waals surface area contributed by atoms with E-state index in [9.17, 15) is 19.1 Å². The van der Waals surface area contributed by atoms with E-state index in [0.717, 1.165) is 0 Å². The van der Waals surface area contributed by atoms with Crippen LogP contribution in [0.1, 0.15) is 69.9 Å². The number of hydrogen-bond donors (Lipinski definition) is 4. The Balaban J connectivity index is 1.67. The van der Waals surface area contributed by atoms with Crippen molar-refractivity contribution < 1.29 is 23.5 Å². The molecule has 4 atom stereocenters. The number of anilines is 1. The first-order valence-corrected chi connectivity index (χ1v) is 13.6. The van der Waals surface area contributed by atoms with Gasteiger partial charge in [-0.25, -0.2) is 8.78 Å². The minimum absolute atomic E-state index is 0.102. The van der Waals surface area contributed by atoms with E-state index in [0.29, 0.717) is 43.4 Å². The van der Waals surface area contributed by atoms with Crippen LogP contribution < -0.4 is 16.0 Å². The fraction of sp³-hybridized carbons (Fsp3) is 0.517. The van der Waals surface area contributed by atoms with Gasteiger partial charge < -0.3 is 21.1 Å².